The molecule has 0 aromatic heterocycles. The van der Waals surface area contributed by atoms with E-state index in [-0.39, 0.29) is 19.6 Å². The van der Waals surface area contributed by atoms with Gasteiger partial charge in [-0.05, 0) is 32.9 Å². The maximum atomic E-state index is 14.5. The molecule has 1 aromatic carbocycles. The van der Waals surface area contributed by atoms with E-state index in [2.05, 4.69) is 6.58 Å². The second-order valence-corrected chi connectivity index (χ2v) is 7.29. The summed E-state index contributed by atoms with van der Waals surface area (Å²) in [5.41, 5.74) is -0.309. The normalized spacial score (nSPS) is 22.1. The van der Waals surface area contributed by atoms with Crippen molar-refractivity contribution in [3.63, 3.8) is 0 Å². The average molecular weight is 379 g/mol. The summed E-state index contributed by atoms with van der Waals surface area (Å²) >= 11 is 0. The summed E-state index contributed by atoms with van der Waals surface area (Å²) in [6.45, 7) is 8.76. The molecule has 3 atom stereocenters. The molecular formula is C20H26FNO5. The lowest BCUT2D eigenvalue weighted by atomic mass is 10.2. The molecule has 1 heterocycles. The molecule has 2 rings (SSSR count). The van der Waals surface area contributed by atoms with Crippen LogP contribution in [0.4, 0.5) is 9.18 Å². The van der Waals surface area contributed by atoms with Crippen molar-refractivity contribution in [3.05, 3.63) is 48.6 Å². The molecule has 148 valence electrons. The van der Waals surface area contributed by atoms with Crippen LogP contribution in [0.5, 0.6) is 0 Å². The van der Waals surface area contributed by atoms with Gasteiger partial charge in [-0.2, -0.15) is 0 Å². The van der Waals surface area contributed by atoms with E-state index < -0.39 is 36.2 Å². The Morgan fingerprint density at radius 2 is 2.00 bits per heavy atom. The molecule has 1 aliphatic rings. The molecule has 0 unspecified atom stereocenters. The number of amides is 1. The van der Waals surface area contributed by atoms with Crippen molar-refractivity contribution >= 4 is 12.1 Å². The van der Waals surface area contributed by atoms with Crippen molar-refractivity contribution < 1.29 is 28.2 Å². The third kappa shape index (κ3) is 6.06. The Balaban J connectivity index is 1.95. The molecule has 27 heavy (non-hydrogen) atoms. The van der Waals surface area contributed by atoms with E-state index in [0.29, 0.717) is 5.56 Å². The fraction of sp³-hybridized carbons (Fsp3) is 0.500. The van der Waals surface area contributed by atoms with Crippen LogP contribution < -0.4 is 0 Å². The van der Waals surface area contributed by atoms with Crippen LogP contribution in [0.1, 0.15) is 37.6 Å². The van der Waals surface area contributed by atoms with E-state index in [0.717, 1.165) is 4.90 Å². The van der Waals surface area contributed by atoms with Crippen molar-refractivity contribution in [3.8, 4) is 0 Å². The fourth-order valence-corrected chi connectivity index (χ4v) is 2.65. The van der Waals surface area contributed by atoms with Crippen molar-refractivity contribution in [1.82, 2.24) is 4.90 Å². The molecule has 1 saturated heterocycles. The second kappa shape index (κ2) is 8.99. The van der Waals surface area contributed by atoms with Crippen molar-refractivity contribution in [1.29, 1.82) is 0 Å². The molecule has 1 aliphatic heterocycles. The first-order valence-corrected chi connectivity index (χ1v) is 8.83. The minimum atomic E-state index is -1.42. The third-order valence-electron chi connectivity index (χ3n) is 3.80. The zero-order valence-electron chi connectivity index (χ0n) is 15.9. The van der Waals surface area contributed by atoms with Crippen LogP contribution >= 0.6 is 0 Å². The van der Waals surface area contributed by atoms with Gasteiger partial charge in [0.1, 0.15) is 18.4 Å². The fourth-order valence-electron chi connectivity index (χ4n) is 2.65. The van der Waals surface area contributed by atoms with Gasteiger partial charge in [-0.25, -0.2) is 14.0 Å². The Bertz CT molecular complexity index is 658. The van der Waals surface area contributed by atoms with Gasteiger partial charge in [0.25, 0.3) is 0 Å². The lowest BCUT2D eigenvalue weighted by Gasteiger charge is -2.31. The highest BCUT2D eigenvalue weighted by molar-refractivity contribution is 5.89. The summed E-state index contributed by atoms with van der Waals surface area (Å²) in [5, 5.41) is 0. The molecular weight excluding hydrogens is 353 g/mol. The Morgan fingerprint density at radius 1 is 1.33 bits per heavy atom. The number of esters is 1. The summed E-state index contributed by atoms with van der Waals surface area (Å²) in [6.07, 6.45) is -2.37. The van der Waals surface area contributed by atoms with Crippen LogP contribution in [-0.2, 0) is 14.2 Å². The number of ether oxygens (including phenoxy) is 3. The SMILES string of the molecule is C=CCN(C(=O)OC(C)(C)C)[C@@H]1O[C@H](COC(=O)c2ccccc2)C[C@@H]1F. The lowest BCUT2D eigenvalue weighted by Crippen LogP contribution is -2.46. The summed E-state index contributed by atoms with van der Waals surface area (Å²) < 4.78 is 30.7. The smallest absolute Gasteiger partial charge is 0.412 e. The molecule has 0 spiro atoms. The number of carbonyl (C=O) groups excluding carboxylic acids is 2. The standard InChI is InChI=1S/C20H26FNO5/c1-5-11-22(19(24)27-20(2,3)4)17-16(21)12-15(26-17)13-25-18(23)14-9-7-6-8-10-14/h5-10,15-17H,1,11-13H2,2-4H3/t15-,16-,17+/m0/s1. The molecule has 0 saturated carbocycles. The minimum absolute atomic E-state index is 0.0170. The number of halogens is 1. The van der Waals surface area contributed by atoms with Crippen LogP contribution in [-0.4, -0.2) is 54.2 Å². The third-order valence-corrected chi connectivity index (χ3v) is 3.80. The first kappa shape index (κ1) is 20.9. The maximum absolute atomic E-state index is 14.5. The predicted molar refractivity (Wildman–Crippen MR) is 98.0 cm³/mol. The van der Waals surface area contributed by atoms with Crippen LogP contribution in [0.25, 0.3) is 0 Å². The van der Waals surface area contributed by atoms with Crippen molar-refractivity contribution in [2.75, 3.05) is 13.2 Å². The van der Waals surface area contributed by atoms with Gasteiger partial charge in [-0.15, -0.1) is 6.58 Å². The lowest BCUT2D eigenvalue weighted by molar-refractivity contribution is -0.0852. The number of carbonyl (C=O) groups is 2. The quantitative estimate of drug-likeness (QED) is 0.557. The van der Waals surface area contributed by atoms with E-state index in [1.165, 1.54) is 6.08 Å². The molecule has 1 fully saturated rings. The number of hydrogen-bond acceptors (Lipinski definition) is 5. The molecule has 0 N–H and O–H groups in total. The van der Waals surface area contributed by atoms with Crippen LogP contribution in [0.3, 0.4) is 0 Å². The Kier molecular flexibility index (Phi) is 6.96. The second-order valence-electron chi connectivity index (χ2n) is 7.29. The Morgan fingerprint density at radius 3 is 2.59 bits per heavy atom. The van der Waals surface area contributed by atoms with Crippen LogP contribution in [0, 0.1) is 0 Å². The topological polar surface area (TPSA) is 65.1 Å². The summed E-state index contributed by atoms with van der Waals surface area (Å²) in [6, 6.07) is 8.51. The van der Waals surface area contributed by atoms with E-state index in [1.54, 1.807) is 51.1 Å². The van der Waals surface area contributed by atoms with Gasteiger partial charge in [0.15, 0.2) is 6.23 Å². The Labute approximate surface area is 158 Å². The molecule has 6 nitrogen and oxygen atoms in total. The van der Waals surface area contributed by atoms with Gasteiger partial charge < -0.3 is 14.2 Å². The van der Waals surface area contributed by atoms with E-state index in [9.17, 15) is 14.0 Å². The van der Waals surface area contributed by atoms with Crippen molar-refractivity contribution in [2.45, 2.75) is 51.3 Å². The van der Waals surface area contributed by atoms with Gasteiger partial charge in [-0.3, -0.25) is 4.90 Å². The van der Waals surface area contributed by atoms with E-state index in [1.807, 2.05) is 0 Å². The average Bonchev–Trinajstić information content (AvgIpc) is 2.97. The maximum Gasteiger partial charge on any atom is 0.412 e. The zero-order valence-corrected chi connectivity index (χ0v) is 15.9. The number of rotatable bonds is 6. The zero-order chi connectivity index (χ0) is 20.0. The molecule has 7 heteroatoms. The van der Waals surface area contributed by atoms with E-state index in [4.69, 9.17) is 14.2 Å². The number of alkyl halides is 1. The summed E-state index contributed by atoms with van der Waals surface area (Å²) in [5.74, 6) is -0.506. The van der Waals surface area contributed by atoms with Gasteiger partial charge in [-0.1, -0.05) is 24.3 Å². The molecule has 0 radical (unpaired) electrons. The van der Waals surface area contributed by atoms with Gasteiger partial charge in [0, 0.05) is 13.0 Å². The van der Waals surface area contributed by atoms with Crippen LogP contribution in [0.15, 0.2) is 43.0 Å². The number of benzene rings is 1. The first-order chi connectivity index (χ1) is 12.7. The number of nitrogens with zero attached hydrogens (tertiary/aromatic N) is 1. The van der Waals surface area contributed by atoms with Gasteiger partial charge in [0.05, 0.1) is 11.7 Å². The minimum Gasteiger partial charge on any atom is -0.459 e. The van der Waals surface area contributed by atoms with Gasteiger partial charge >= 0.3 is 12.1 Å². The van der Waals surface area contributed by atoms with Crippen molar-refractivity contribution in [2.24, 2.45) is 0 Å². The highest BCUT2D eigenvalue weighted by Crippen LogP contribution is 2.28. The molecule has 1 aromatic rings. The molecule has 0 aliphatic carbocycles. The largest absolute Gasteiger partial charge is 0.459 e. The summed E-state index contributed by atoms with van der Waals surface area (Å²) in [7, 11) is 0. The highest BCUT2D eigenvalue weighted by atomic mass is 19.1. The number of hydrogen-bond donors (Lipinski definition) is 0. The Hall–Kier alpha value is -2.41. The summed E-state index contributed by atoms with van der Waals surface area (Å²) in [4.78, 5) is 25.5. The monoisotopic (exact) mass is 379 g/mol. The van der Waals surface area contributed by atoms with Crippen LogP contribution in [0.2, 0.25) is 0 Å². The molecule has 1 amide bonds. The predicted octanol–water partition coefficient (Wildman–Crippen LogP) is 3.72. The highest BCUT2D eigenvalue weighted by Gasteiger charge is 2.42. The van der Waals surface area contributed by atoms with Gasteiger partial charge in [0.2, 0.25) is 0 Å². The first-order valence-electron chi connectivity index (χ1n) is 8.83. The molecule has 0 bridgehead atoms. The van der Waals surface area contributed by atoms with E-state index >= 15 is 0 Å².